The molecule has 0 aliphatic heterocycles. The first-order valence-electron chi connectivity index (χ1n) is 4.91. The van der Waals surface area contributed by atoms with E-state index in [9.17, 15) is 0 Å². The minimum atomic E-state index is 0.253. The first-order valence-corrected chi connectivity index (χ1v) is 6.32. The van der Waals surface area contributed by atoms with Crippen molar-refractivity contribution in [3.05, 3.63) is 0 Å². The zero-order valence-electron chi connectivity index (χ0n) is 7.86. The Kier molecular flexibility index (Phi) is 3.59. The van der Waals surface area contributed by atoms with Gasteiger partial charge in [-0.1, -0.05) is 19.3 Å². The maximum absolute atomic E-state index is 5.85. The largest absolute Gasteiger partial charge is 0.376 e. The third-order valence-electron chi connectivity index (χ3n) is 2.57. The topological polar surface area (TPSA) is 9.23 Å². The Morgan fingerprint density at radius 3 is 2.45 bits per heavy atom. The second-order valence-corrected chi connectivity index (χ2v) is 4.86. The fraction of sp³-hybridized carbons (Fsp3) is 1.00. The minimum Gasteiger partial charge on any atom is -0.376 e. The number of ether oxygens (including phenoxy) is 1. The molecular weight excluding hydrogens is 152 g/mol. The molecule has 66 valence electrons. The van der Waals surface area contributed by atoms with E-state index in [-0.39, 0.29) is 5.60 Å². The van der Waals surface area contributed by atoms with E-state index in [4.69, 9.17) is 4.74 Å². The van der Waals surface area contributed by atoms with Crippen molar-refractivity contribution in [2.75, 3.05) is 6.61 Å². The van der Waals surface area contributed by atoms with Crippen molar-refractivity contribution in [1.29, 1.82) is 0 Å². The SMILES string of the molecule is CC1(OCC[SiH3])CCCCC1. The summed E-state index contributed by atoms with van der Waals surface area (Å²) in [5.74, 6) is 0. The van der Waals surface area contributed by atoms with Crippen LogP contribution in [-0.4, -0.2) is 22.5 Å². The van der Waals surface area contributed by atoms with Crippen molar-refractivity contribution in [2.45, 2.75) is 50.7 Å². The highest BCUT2D eigenvalue weighted by molar-refractivity contribution is 6.08. The Morgan fingerprint density at radius 1 is 1.27 bits per heavy atom. The van der Waals surface area contributed by atoms with E-state index in [2.05, 4.69) is 6.92 Å². The average Bonchev–Trinajstić information content (AvgIpc) is 2.03. The molecule has 11 heavy (non-hydrogen) atoms. The van der Waals surface area contributed by atoms with Crippen molar-refractivity contribution < 1.29 is 4.74 Å². The Balaban J connectivity index is 2.25. The summed E-state index contributed by atoms with van der Waals surface area (Å²) < 4.78 is 5.85. The lowest BCUT2D eigenvalue weighted by Gasteiger charge is -2.33. The zero-order valence-corrected chi connectivity index (χ0v) is 9.86. The third-order valence-corrected chi connectivity index (χ3v) is 2.97. The van der Waals surface area contributed by atoms with E-state index in [0.29, 0.717) is 0 Å². The molecule has 0 heterocycles. The van der Waals surface area contributed by atoms with Crippen LogP contribution in [0.5, 0.6) is 0 Å². The van der Waals surface area contributed by atoms with Gasteiger partial charge in [-0.2, -0.15) is 0 Å². The van der Waals surface area contributed by atoms with Gasteiger partial charge >= 0.3 is 0 Å². The van der Waals surface area contributed by atoms with Crippen LogP contribution < -0.4 is 0 Å². The molecule has 0 saturated heterocycles. The molecule has 1 rings (SSSR count). The van der Waals surface area contributed by atoms with Crippen molar-refractivity contribution in [2.24, 2.45) is 0 Å². The van der Waals surface area contributed by atoms with E-state index < -0.39 is 0 Å². The Morgan fingerprint density at radius 2 is 1.91 bits per heavy atom. The molecular formula is C9H20OSi. The lowest BCUT2D eigenvalue weighted by atomic mass is 9.86. The van der Waals surface area contributed by atoms with E-state index in [0.717, 1.165) is 6.61 Å². The van der Waals surface area contributed by atoms with Gasteiger partial charge in [0, 0.05) is 16.8 Å². The van der Waals surface area contributed by atoms with Gasteiger partial charge in [0.05, 0.1) is 5.60 Å². The molecule has 1 aliphatic carbocycles. The van der Waals surface area contributed by atoms with E-state index in [1.807, 2.05) is 0 Å². The molecule has 0 aromatic heterocycles. The molecule has 1 nitrogen and oxygen atoms in total. The summed E-state index contributed by atoms with van der Waals surface area (Å²) in [6.07, 6.45) is 6.73. The van der Waals surface area contributed by atoms with Gasteiger partial charge in [0.1, 0.15) is 0 Å². The molecule has 0 unspecified atom stereocenters. The van der Waals surface area contributed by atoms with E-state index >= 15 is 0 Å². The summed E-state index contributed by atoms with van der Waals surface area (Å²) in [5, 5.41) is 0. The monoisotopic (exact) mass is 172 g/mol. The summed E-state index contributed by atoms with van der Waals surface area (Å²) in [6.45, 7) is 3.28. The lowest BCUT2D eigenvalue weighted by molar-refractivity contribution is -0.0498. The fourth-order valence-electron chi connectivity index (χ4n) is 1.79. The molecule has 0 spiro atoms. The van der Waals surface area contributed by atoms with Gasteiger partial charge in [-0.25, -0.2) is 0 Å². The van der Waals surface area contributed by atoms with Crippen LogP contribution >= 0.6 is 0 Å². The van der Waals surface area contributed by atoms with Gasteiger partial charge in [-0.15, -0.1) is 0 Å². The molecule has 1 fully saturated rings. The quantitative estimate of drug-likeness (QED) is 0.586. The molecule has 0 aromatic rings. The average molecular weight is 172 g/mol. The second-order valence-electron chi connectivity index (χ2n) is 3.86. The third kappa shape index (κ3) is 2.95. The van der Waals surface area contributed by atoms with Crippen LogP contribution in [0.15, 0.2) is 0 Å². The standard InChI is InChI=1S/C9H20OSi/c1-9(10-7-8-11)5-3-2-4-6-9/h2-8H2,1,11H3. The van der Waals surface area contributed by atoms with Crippen LogP contribution in [0.25, 0.3) is 0 Å². The highest BCUT2D eigenvalue weighted by Crippen LogP contribution is 2.30. The highest BCUT2D eigenvalue weighted by atomic mass is 28.1. The number of rotatable bonds is 3. The van der Waals surface area contributed by atoms with Crippen molar-refractivity contribution in [3.63, 3.8) is 0 Å². The molecule has 0 bridgehead atoms. The Labute approximate surface area is 72.9 Å². The van der Waals surface area contributed by atoms with Crippen LogP contribution in [0.4, 0.5) is 0 Å². The van der Waals surface area contributed by atoms with Crippen molar-refractivity contribution >= 4 is 10.2 Å². The number of hydrogen-bond donors (Lipinski definition) is 0. The van der Waals surface area contributed by atoms with Gasteiger partial charge in [0.2, 0.25) is 0 Å². The molecule has 0 radical (unpaired) electrons. The van der Waals surface area contributed by atoms with Crippen molar-refractivity contribution in [3.8, 4) is 0 Å². The predicted octanol–water partition coefficient (Wildman–Crippen LogP) is 1.51. The summed E-state index contributed by atoms with van der Waals surface area (Å²) in [5.41, 5.74) is 0.253. The van der Waals surface area contributed by atoms with Gasteiger partial charge < -0.3 is 4.74 Å². The molecule has 0 amide bonds. The molecule has 0 atom stereocenters. The highest BCUT2D eigenvalue weighted by Gasteiger charge is 2.26. The summed E-state index contributed by atoms with van der Waals surface area (Å²) >= 11 is 0. The molecule has 1 saturated carbocycles. The predicted molar refractivity (Wildman–Crippen MR) is 52.2 cm³/mol. The van der Waals surface area contributed by atoms with E-state index in [1.54, 1.807) is 0 Å². The lowest BCUT2D eigenvalue weighted by Crippen LogP contribution is -2.31. The van der Waals surface area contributed by atoms with E-state index in [1.165, 1.54) is 48.4 Å². The molecule has 0 N–H and O–H groups in total. The smallest absolute Gasteiger partial charge is 0.0654 e. The van der Waals surface area contributed by atoms with Crippen LogP contribution in [0.2, 0.25) is 6.04 Å². The fourth-order valence-corrected chi connectivity index (χ4v) is 2.00. The summed E-state index contributed by atoms with van der Waals surface area (Å²) in [4.78, 5) is 0. The van der Waals surface area contributed by atoms with Gasteiger partial charge in [-0.05, 0) is 25.8 Å². The second kappa shape index (κ2) is 4.26. The minimum absolute atomic E-state index is 0.253. The zero-order chi connectivity index (χ0) is 8.16. The Hall–Kier alpha value is 0.177. The van der Waals surface area contributed by atoms with Crippen LogP contribution in [-0.2, 0) is 4.74 Å². The van der Waals surface area contributed by atoms with Crippen LogP contribution in [0, 0.1) is 0 Å². The maximum atomic E-state index is 5.85. The maximum Gasteiger partial charge on any atom is 0.0654 e. The normalized spacial score (nSPS) is 23.7. The van der Waals surface area contributed by atoms with Gasteiger partial charge in [-0.3, -0.25) is 0 Å². The first kappa shape index (κ1) is 9.27. The summed E-state index contributed by atoms with van der Waals surface area (Å²) in [7, 11) is 1.28. The summed E-state index contributed by atoms with van der Waals surface area (Å²) in [6, 6.07) is 1.29. The Bertz CT molecular complexity index is 108. The van der Waals surface area contributed by atoms with Crippen LogP contribution in [0.1, 0.15) is 39.0 Å². The molecule has 1 aliphatic rings. The van der Waals surface area contributed by atoms with Gasteiger partial charge in [0.15, 0.2) is 0 Å². The molecule has 0 aromatic carbocycles. The van der Waals surface area contributed by atoms with Crippen molar-refractivity contribution in [1.82, 2.24) is 0 Å². The molecule has 2 heteroatoms. The van der Waals surface area contributed by atoms with Crippen LogP contribution in [0.3, 0.4) is 0 Å². The van der Waals surface area contributed by atoms with Gasteiger partial charge in [0.25, 0.3) is 0 Å². The number of hydrogen-bond acceptors (Lipinski definition) is 1. The first-order chi connectivity index (χ1) is 5.27.